The molecular formula is C34H54O14. The van der Waals surface area contributed by atoms with Crippen molar-refractivity contribution in [2.75, 3.05) is 27.9 Å². The fraction of sp³-hybridized carbons (Fsp3) is 0.824. The highest BCUT2D eigenvalue weighted by Gasteiger charge is 2.49. The first-order valence-electron chi connectivity index (χ1n) is 16.7. The first-order chi connectivity index (χ1) is 22.7. The number of hydrogen-bond acceptors (Lipinski definition) is 14. The van der Waals surface area contributed by atoms with Crippen LogP contribution in [0.15, 0.2) is 24.3 Å². The van der Waals surface area contributed by atoms with E-state index in [1.54, 1.807) is 26.0 Å². The lowest BCUT2D eigenvalue weighted by Gasteiger charge is -2.42. The zero-order valence-electron chi connectivity index (χ0n) is 29.1. The second-order valence-corrected chi connectivity index (χ2v) is 13.5. The fourth-order valence-corrected chi connectivity index (χ4v) is 6.53. The zero-order chi connectivity index (χ0) is 35.3. The number of hydrogen-bond donors (Lipinski definition) is 3. The summed E-state index contributed by atoms with van der Waals surface area (Å²) >= 11 is 0. The van der Waals surface area contributed by atoms with E-state index in [1.807, 2.05) is 13.8 Å². The molecule has 3 fully saturated rings. The highest BCUT2D eigenvalue weighted by Crippen LogP contribution is 2.36. The van der Waals surface area contributed by atoms with E-state index in [1.165, 1.54) is 40.4 Å². The summed E-state index contributed by atoms with van der Waals surface area (Å²) in [4.78, 5) is 26.3. The van der Waals surface area contributed by atoms with Crippen molar-refractivity contribution >= 4 is 11.8 Å². The monoisotopic (exact) mass is 686 g/mol. The molecule has 0 aromatic heterocycles. The van der Waals surface area contributed by atoms with Crippen molar-refractivity contribution in [3.05, 3.63) is 24.3 Å². The number of aliphatic hydroxyl groups excluding tert-OH is 2. The lowest BCUT2D eigenvalue weighted by Crippen LogP contribution is -2.59. The maximum Gasteiger partial charge on any atom is 0.330 e. The largest absolute Gasteiger partial charge is 0.459 e. The summed E-state index contributed by atoms with van der Waals surface area (Å²) in [5.41, 5.74) is -1.72. The molecule has 0 radical (unpaired) electrons. The van der Waals surface area contributed by atoms with Gasteiger partial charge in [-0.1, -0.05) is 13.0 Å². The molecule has 14 heteroatoms. The number of rotatable bonds is 8. The molecule has 4 aliphatic rings. The minimum absolute atomic E-state index is 0.0273. The van der Waals surface area contributed by atoms with E-state index in [4.69, 9.17) is 42.6 Å². The highest BCUT2D eigenvalue weighted by atomic mass is 16.7. The Labute approximate surface area is 282 Å². The number of cyclic esters (lactones) is 1. The number of ether oxygens (including phenoxy) is 9. The van der Waals surface area contributed by atoms with Crippen molar-refractivity contribution < 1.29 is 67.5 Å². The quantitative estimate of drug-likeness (QED) is 0.245. The molecule has 0 aromatic carbocycles. The van der Waals surface area contributed by atoms with Crippen LogP contribution in [-0.2, 0) is 52.2 Å². The van der Waals surface area contributed by atoms with Gasteiger partial charge in [-0.3, -0.25) is 4.79 Å². The molecule has 4 aliphatic heterocycles. The molecule has 14 nitrogen and oxygen atoms in total. The number of carbonyl (C=O) groups excluding carboxylic acids is 2. The van der Waals surface area contributed by atoms with Gasteiger partial charge in [0, 0.05) is 45.7 Å². The molecule has 0 unspecified atom stereocenters. The number of methoxy groups -OCH3 is 3. The van der Waals surface area contributed by atoms with Crippen LogP contribution in [0, 0.1) is 11.8 Å². The van der Waals surface area contributed by atoms with Crippen LogP contribution in [0.5, 0.6) is 0 Å². The Morgan fingerprint density at radius 3 is 2.23 bits per heavy atom. The van der Waals surface area contributed by atoms with Crippen LogP contribution < -0.4 is 0 Å². The van der Waals surface area contributed by atoms with Crippen LogP contribution in [-0.4, -0.2) is 140 Å². The summed E-state index contributed by atoms with van der Waals surface area (Å²) in [6.07, 6.45) is -2.35. The standard InChI is InChI=1S/C34H54O14/c1-17-9-12-26(36)45-19(3)21(16-43-33-31(42-8)30(41-7)27(37)20(4)46-33)29-23(47-29)10-11-25(35)34(5,39)14-13-22(17)48-32-28(38)24(40-6)15-18(2)44-32/h9-12,17-24,27-33,37-39H,13-16H2,1-8H3/b11-10+,12-9+/t17-,18+,19+,20+,21+,22+,23-,24+,27+,28-,29+,30+,31+,32+,33+,34-/m0/s1. The normalized spacial score (nSPS) is 47.5. The Morgan fingerprint density at radius 1 is 0.854 bits per heavy atom. The number of ketones is 1. The predicted octanol–water partition coefficient (Wildman–Crippen LogP) is 1.21. The van der Waals surface area contributed by atoms with Crippen molar-refractivity contribution in [2.24, 2.45) is 11.8 Å². The number of esters is 1. The third-order valence-corrected chi connectivity index (χ3v) is 9.85. The molecule has 4 rings (SSSR count). The minimum atomic E-state index is -1.72. The summed E-state index contributed by atoms with van der Waals surface area (Å²) in [5, 5.41) is 32.5. The minimum Gasteiger partial charge on any atom is -0.459 e. The van der Waals surface area contributed by atoms with E-state index in [0.29, 0.717) is 6.42 Å². The van der Waals surface area contributed by atoms with Gasteiger partial charge in [0.2, 0.25) is 0 Å². The Bertz CT molecular complexity index is 1130. The smallest absolute Gasteiger partial charge is 0.330 e. The zero-order valence-corrected chi connectivity index (χ0v) is 29.1. The van der Waals surface area contributed by atoms with Crippen LogP contribution in [0.4, 0.5) is 0 Å². The Morgan fingerprint density at radius 2 is 1.56 bits per heavy atom. The maximum absolute atomic E-state index is 13.2. The molecule has 0 amide bonds. The van der Waals surface area contributed by atoms with E-state index in [0.717, 1.165) is 0 Å². The van der Waals surface area contributed by atoms with Gasteiger partial charge in [0.15, 0.2) is 18.4 Å². The average molecular weight is 687 g/mol. The van der Waals surface area contributed by atoms with Gasteiger partial charge in [-0.25, -0.2) is 4.79 Å². The SMILES string of the molecule is CO[C@@H]1[C@H](O)[C@@H](C)O[C@@H](OC[C@H]2[C@H]3O[C@H]3/C=C/C(=O)[C@@](C)(O)CC[C@@H](O[C@H]3O[C@H](C)C[C@@H](OC)[C@@H]3O)[C@@H](C)/C=C/C(=O)O[C@@H]2C)[C@@H]1OC. The maximum atomic E-state index is 13.2. The summed E-state index contributed by atoms with van der Waals surface area (Å²) in [6, 6.07) is 0. The molecule has 0 saturated carbocycles. The van der Waals surface area contributed by atoms with Crippen LogP contribution in [0.3, 0.4) is 0 Å². The van der Waals surface area contributed by atoms with Gasteiger partial charge in [-0.05, 0) is 52.7 Å². The van der Waals surface area contributed by atoms with E-state index in [2.05, 4.69) is 0 Å². The van der Waals surface area contributed by atoms with Gasteiger partial charge in [0.1, 0.15) is 42.2 Å². The van der Waals surface area contributed by atoms with Gasteiger partial charge < -0.3 is 58.0 Å². The van der Waals surface area contributed by atoms with Crippen LogP contribution >= 0.6 is 0 Å². The van der Waals surface area contributed by atoms with E-state index in [9.17, 15) is 24.9 Å². The molecule has 4 heterocycles. The number of aliphatic hydroxyl groups is 3. The molecule has 0 aliphatic carbocycles. The first-order valence-corrected chi connectivity index (χ1v) is 16.7. The molecule has 16 atom stereocenters. The van der Waals surface area contributed by atoms with E-state index in [-0.39, 0.29) is 25.6 Å². The second-order valence-electron chi connectivity index (χ2n) is 13.5. The van der Waals surface area contributed by atoms with Crippen LogP contribution in [0.1, 0.15) is 53.9 Å². The lowest BCUT2D eigenvalue weighted by atomic mass is 9.89. The fourth-order valence-electron chi connectivity index (χ4n) is 6.53. The number of epoxide rings is 1. The molecule has 3 saturated heterocycles. The lowest BCUT2D eigenvalue weighted by molar-refractivity contribution is -0.305. The third-order valence-electron chi connectivity index (χ3n) is 9.85. The van der Waals surface area contributed by atoms with Gasteiger partial charge in [0.25, 0.3) is 0 Å². The molecule has 0 bridgehead atoms. The predicted molar refractivity (Wildman–Crippen MR) is 169 cm³/mol. The molecular weight excluding hydrogens is 632 g/mol. The van der Waals surface area contributed by atoms with Crippen molar-refractivity contribution in [3.63, 3.8) is 0 Å². The number of fused-ring (bicyclic) bond motifs is 1. The van der Waals surface area contributed by atoms with Crippen molar-refractivity contribution in [2.45, 2.75) is 139 Å². The van der Waals surface area contributed by atoms with Crippen molar-refractivity contribution in [3.8, 4) is 0 Å². The third kappa shape index (κ3) is 9.49. The summed E-state index contributed by atoms with van der Waals surface area (Å²) in [6.45, 7) is 8.58. The van der Waals surface area contributed by atoms with Gasteiger partial charge >= 0.3 is 5.97 Å². The van der Waals surface area contributed by atoms with Crippen LogP contribution in [0.25, 0.3) is 0 Å². The van der Waals surface area contributed by atoms with E-state index >= 15 is 0 Å². The second kappa shape index (κ2) is 16.9. The molecule has 48 heavy (non-hydrogen) atoms. The number of carbonyl (C=O) groups is 2. The van der Waals surface area contributed by atoms with Crippen LogP contribution in [0.2, 0.25) is 0 Å². The summed E-state index contributed by atoms with van der Waals surface area (Å²) in [7, 11) is 4.45. The Balaban J connectivity index is 1.53. The Kier molecular flexibility index (Phi) is 13.7. The molecule has 0 aromatic rings. The van der Waals surface area contributed by atoms with Gasteiger partial charge in [0.05, 0.1) is 37.1 Å². The summed E-state index contributed by atoms with van der Waals surface area (Å²) < 4.78 is 52.3. The van der Waals surface area contributed by atoms with E-state index < -0.39 is 103 Å². The first kappa shape index (κ1) is 39.0. The van der Waals surface area contributed by atoms with Crippen molar-refractivity contribution in [1.82, 2.24) is 0 Å². The molecule has 0 spiro atoms. The van der Waals surface area contributed by atoms with Gasteiger partial charge in [-0.2, -0.15) is 0 Å². The molecule has 3 N–H and O–H groups in total. The Hall–Kier alpha value is -1.82. The summed E-state index contributed by atoms with van der Waals surface area (Å²) in [5.74, 6) is -2.00. The highest BCUT2D eigenvalue weighted by molar-refractivity contribution is 5.96. The van der Waals surface area contributed by atoms with Crippen molar-refractivity contribution in [1.29, 1.82) is 0 Å². The molecule has 274 valence electrons. The van der Waals surface area contributed by atoms with Gasteiger partial charge in [-0.15, -0.1) is 0 Å². The average Bonchev–Trinajstić information content (AvgIpc) is 3.81. The topological polar surface area (TPSA) is 181 Å².